The van der Waals surface area contributed by atoms with Crippen molar-refractivity contribution in [2.45, 2.75) is 6.61 Å². The van der Waals surface area contributed by atoms with E-state index in [1.54, 1.807) is 36.4 Å². The van der Waals surface area contributed by atoms with Gasteiger partial charge in [-0.2, -0.15) is 0 Å². The molecule has 0 bridgehead atoms. The van der Waals surface area contributed by atoms with E-state index in [4.69, 9.17) is 37.3 Å². The molecule has 21 heavy (non-hydrogen) atoms. The highest BCUT2D eigenvalue weighted by atomic mass is 35.5. The van der Waals surface area contributed by atoms with Crippen LogP contribution in [0.15, 0.2) is 36.4 Å². The van der Waals surface area contributed by atoms with Crippen molar-refractivity contribution >= 4 is 17.4 Å². The number of benzene rings is 2. The number of nitrogen functional groups attached to an aromatic ring is 1. The molecule has 6 heteroatoms. The first-order valence-corrected chi connectivity index (χ1v) is 6.52. The quantitative estimate of drug-likeness (QED) is 0.585. The number of ether oxygens (including phenoxy) is 2. The average Bonchev–Trinajstić information content (AvgIpc) is 2.49. The van der Waals surface area contributed by atoms with Crippen molar-refractivity contribution in [1.82, 2.24) is 0 Å². The maximum atomic E-state index is 9.12. The third kappa shape index (κ3) is 3.45. The molecule has 0 aliphatic rings. The summed E-state index contributed by atoms with van der Waals surface area (Å²) in [7, 11) is 1.52. The summed E-state index contributed by atoms with van der Waals surface area (Å²) < 4.78 is 10.9. The van der Waals surface area contributed by atoms with Gasteiger partial charge in [-0.05, 0) is 35.9 Å². The summed E-state index contributed by atoms with van der Waals surface area (Å²) in [5, 5.41) is 16.8. The Hall–Kier alpha value is -2.24. The molecule has 0 aliphatic heterocycles. The van der Waals surface area contributed by atoms with Crippen molar-refractivity contribution in [3.8, 4) is 17.2 Å². The van der Waals surface area contributed by atoms with Crippen molar-refractivity contribution in [3.63, 3.8) is 0 Å². The number of rotatable bonds is 5. The lowest BCUT2D eigenvalue weighted by Gasteiger charge is -2.13. The van der Waals surface area contributed by atoms with Gasteiger partial charge in [0, 0.05) is 5.56 Å². The third-order valence-electron chi connectivity index (χ3n) is 2.87. The minimum atomic E-state index is -0.0787. The molecule has 0 fully saturated rings. The fraction of sp³-hybridized carbons (Fsp3) is 0.133. The summed E-state index contributed by atoms with van der Waals surface area (Å²) in [6.07, 6.45) is 0. The number of amidine groups is 1. The van der Waals surface area contributed by atoms with Crippen molar-refractivity contribution in [2.75, 3.05) is 7.11 Å². The zero-order chi connectivity index (χ0) is 15.4. The number of hydrogen-bond acceptors (Lipinski definition) is 4. The summed E-state index contributed by atoms with van der Waals surface area (Å²) in [5.41, 5.74) is 6.65. The van der Waals surface area contributed by atoms with Gasteiger partial charge in [0.2, 0.25) is 0 Å². The van der Waals surface area contributed by atoms with Crippen molar-refractivity contribution < 1.29 is 14.6 Å². The number of aliphatic hydroxyl groups excluding tert-OH is 1. The van der Waals surface area contributed by atoms with Crippen LogP contribution in [0.4, 0.5) is 0 Å². The van der Waals surface area contributed by atoms with Gasteiger partial charge in [-0.1, -0.05) is 17.7 Å². The van der Waals surface area contributed by atoms with Crippen LogP contribution in [0.1, 0.15) is 11.1 Å². The van der Waals surface area contributed by atoms with Crippen LogP contribution in [0.2, 0.25) is 5.02 Å². The summed E-state index contributed by atoms with van der Waals surface area (Å²) in [5.74, 6) is 1.34. The fourth-order valence-electron chi connectivity index (χ4n) is 1.76. The Bertz CT molecular complexity index is 674. The molecule has 2 rings (SSSR count). The first kappa shape index (κ1) is 15.2. The SMILES string of the molecule is COc1cc(CO)ccc1Oc1ccc(C(=N)N)cc1Cl. The Morgan fingerprint density at radius 2 is 1.90 bits per heavy atom. The van der Waals surface area contributed by atoms with Crippen LogP contribution in [0, 0.1) is 5.41 Å². The molecule has 0 heterocycles. The van der Waals surface area contributed by atoms with E-state index in [9.17, 15) is 0 Å². The lowest BCUT2D eigenvalue weighted by atomic mass is 10.2. The average molecular weight is 307 g/mol. The Balaban J connectivity index is 2.32. The van der Waals surface area contributed by atoms with Crippen molar-refractivity contribution in [2.24, 2.45) is 5.73 Å². The first-order chi connectivity index (χ1) is 10.0. The monoisotopic (exact) mass is 306 g/mol. The van der Waals surface area contributed by atoms with E-state index in [0.29, 0.717) is 27.8 Å². The van der Waals surface area contributed by atoms with Crippen LogP contribution in [0.3, 0.4) is 0 Å². The molecule has 0 amide bonds. The smallest absolute Gasteiger partial charge is 0.169 e. The fourth-order valence-corrected chi connectivity index (χ4v) is 1.98. The summed E-state index contributed by atoms with van der Waals surface area (Å²) in [4.78, 5) is 0. The Labute approximate surface area is 127 Å². The molecule has 0 spiro atoms. The highest BCUT2D eigenvalue weighted by molar-refractivity contribution is 6.32. The number of hydrogen-bond donors (Lipinski definition) is 3. The maximum Gasteiger partial charge on any atom is 0.169 e. The molecule has 0 aromatic heterocycles. The molecule has 0 atom stereocenters. The number of nitrogens with two attached hydrogens (primary N) is 1. The standard InChI is InChI=1S/C15H15ClN2O3/c1-20-14-6-9(8-19)2-4-13(14)21-12-5-3-10(15(17)18)7-11(12)16/h2-7,19H,8H2,1H3,(H3,17,18). The summed E-state index contributed by atoms with van der Waals surface area (Å²) in [6.45, 7) is -0.0787. The Morgan fingerprint density at radius 3 is 2.48 bits per heavy atom. The predicted octanol–water partition coefficient (Wildman–Crippen LogP) is 2.92. The number of nitrogens with one attached hydrogen (secondary N) is 1. The van der Waals surface area contributed by atoms with E-state index in [0.717, 1.165) is 5.56 Å². The van der Waals surface area contributed by atoms with E-state index in [2.05, 4.69) is 0 Å². The van der Waals surface area contributed by atoms with E-state index in [-0.39, 0.29) is 12.4 Å². The van der Waals surface area contributed by atoms with Crippen LogP contribution in [0.25, 0.3) is 0 Å². The second kappa shape index (κ2) is 6.47. The normalized spacial score (nSPS) is 10.2. The van der Waals surface area contributed by atoms with E-state index < -0.39 is 0 Å². The molecule has 0 aliphatic carbocycles. The summed E-state index contributed by atoms with van der Waals surface area (Å²) in [6, 6.07) is 9.97. The molecule has 0 radical (unpaired) electrons. The molecule has 110 valence electrons. The van der Waals surface area contributed by atoms with Crippen LogP contribution in [0.5, 0.6) is 17.2 Å². The molecule has 0 saturated heterocycles. The molecule has 0 saturated carbocycles. The van der Waals surface area contributed by atoms with Gasteiger partial charge in [0.15, 0.2) is 11.5 Å². The van der Waals surface area contributed by atoms with Crippen molar-refractivity contribution in [1.29, 1.82) is 5.41 Å². The zero-order valence-electron chi connectivity index (χ0n) is 11.4. The Kier molecular flexibility index (Phi) is 4.67. The van der Waals surface area contributed by atoms with Crippen LogP contribution in [-0.4, -0.2) is 18.1 Å². The molecule has 0 unspecified atom stereocenters. The van der Waals surface area contributed by atoms with Gasteiger partial charge >= 0.3 is 0 Å². The van der Waals surface area contributed by atoms with Gasteiger partial charge in [0.25, 0.3) is 0 Å². The zero-order valence-corrected chi connectivity index (χ0v) is 12.1. The highest BCUT2D eigenvalue weighted by Gasteiger charge is 2.10. The van der Waals surface area contributed by atoms with Gasteiger partial charge in [0.1, 0.15) is 11.6 Å². The maximum absolute atomic E-state index is 9.12. The minimum absolute atomic E-state index is 0.0617. The molecular weight excluding hydrogens is 292 g/mol. The Morgan fingerprint density at radius 1 is 1.19 bits per heavy atom. The molecule has 2 aromatic rings. The summed E-state index contributed by atoms with van der Waals surface area (Å²) >= 11 is 6.12. The lowest BCUT2D eigenvalue weighted by molar-refractivity contribution is 0.280. The van der Waals surface area contributed by atoms with Crippen LogP contribution >= 0.6 is 11.6 Å². The second-order valence-electron chi connectivity index (χ2n) is 4.30. The van der Waals surface area contributed by atoms with E-state index in [1.165, 1.54) is 7.11 Å². The third-order valence-corrected chi connectivity index (χ3v) is 3.17. The minimum Gasteiger partial charge on any atom is -0.493 e. The highest BCUT2D eigenvalue weighted by Crippen LogP contribution is 2.35. The molecule has 4 N–H and O–H groups in total. The van der Waals surface area contributed by atoms with Gasteiger partial charge < -0.3 is 20.3 Å². The van der Waals surface area contributed by atoms with Crippen molar-refractivity contribution in [3.05, 3.63) is 52.5 Å². The van der Waals surface area contributed by atoms with Crippen LogP contribution in [-0.2, 0) is 6.61 Å². The number of aliphatic hydroxyl groups is 1. The molecular formula is C15H15ClN2O3. The van der Waals surface area contributed by atoms with Gasteiger partial charge in [0.05, 0.1) is 18.7 Å². The lowest BCUT2D eigenvalue weighted by Crippen LogP contribution is -2.10. The first-order valence-electron chi connectivity index (χ1n) is 6.14. The van der Waals surface area contributed by atoms with Gasteiger partial charge in [-0.15, -0.1) is 0 Å². The largest absolute Gasteiger partial charge is 0.493 e. The molecule has 2 aromatic carbocycles. The number of halogens is 1. The predicted molar refractivity (Wildman–Crippen MR) is 81.5 cm³/mol. The second-order valence-corrected chi connectivity index (χ2v) is 4.71. The topological polar surface area (TPSA) is 88.6 Å². The van der Waals surface area contributed by atoms with Crippen LogP contribution < -0.4 is 15.2 Å². The van der Waals surface area contributed by atoms with Gasteiger partial charge in [-0.25, -0.2) is 0 Å². The number of methoxy groups -OCH3 is 1. The van der Waals surface area contributed by atoms with Gasteiger partial charge in [-0.3, -0.25) is 5.41 Å². The molecule has 5 nitrogen and oxygen atoms in total. The van der Waals surface area contributed by atoms with E-state index >= 15 is 0 Å². The van der Waals surface area contributed by atoms with E-state index in [1.807, 2.05) is 0 Å².